The van der Waals surface area contributed by atoms with Crippen molar-refractivity contribution in [1.82, 2.24) is 0 Å². The predicted molar refractivity (Wildman–Crippen MR) is 88.2 cm³/mol. The average molecular weight is 281 g/mol. The molecule has 21 heavy (non-hydrogen) atoms. The highest BCUT2D eigenvalue weighted by Gasteiger charge is 2.22. The molecule has 0 aliphatic carbocycles. The van der Waals surface area contributed by atoms with Crippen LogP contribution < -0.4 is 4.90 Å². The summed E-state index contributed by atoms with van der Waals surface area (Å²) in [7, 11) is 0. The number of benzene rings is 2. The number of fused-ring (bicyclic) bond motifs is 1. The number of ether oxygens (including phenoxy) is 1. The zero-order valence-electron chi connectivity index (χ0n) is 12.8. The highest BCUT2D eigenvalue weighted by atomic mass is 16.5. The van der Waals surface area contributed by atoms with Crippen molar-refractivity contribution in [2.75, 3.05) is 18.1 Å². The van der Waals surface area contributed by atoms with Gasteiger partial charge in [-0.3, -0.25) is 0 Å². The molecule has 1 aliphatic heterocycles. The molecule has 2 aromatic rings. The first-order valence-electron chi connectivity index (χ1n) is 7.78. The van der Waals surface area contributed by atoms with Crippen LogP contribution in [-0.2, 0) is 11.2 Å². The van der Waals surface area contributed by atoms with E-state index in [-0.39, 0.29) is 0 Å². The highest BCUT2D eigenvalue weighted by molar-refractivity contribution is 5.66. The summed E-state index contributed by atoms with van der Waals surface area (Å²) in [4.78, 5) is 2.37. The minimum atomic E-state index is 0.309. The molecule has 0 saturated carbocycles. The molecule has 0 N–H and O–H groups in total. The second-order valence-corrected chi connectivity index (χ2v) is 5.97. The van der Waals surface area contributed by atoms with Crippen molar-refractivity contribution in [3.63, 3.8) is 0 Å². The maximum Gasteiger partial charge on any atom is 0.0649 e. The van der Waals surface area contributed by atoms with E-state index in [9.17, 15) is 0 Å². The van der Waals surface area contributed by atoms with Crippen LogP contribution in [0.15, 0.2) is 54.6 Å². The molecule has 0 aromatic heterocycles. The summed E-state index contributed by atoms with van der Waals surface area (Å²) in [5, 5.41) is 0. The van der Waals surface area contributed by atoms with Crippen molar-refractivity contribution in [2.24, 2.45) is 5.92 Å². The molecule has 0 spiro atoms. The van der Waals surface area contributed by atoms with Crippen LogP contribution in [-0.4, -0.2) is 19.3 Å². The van der Waals surface area contributed by atoms with E-state index < -0.39 is 0 Å². The molecule has 2 nitrogen and oxygen atoms in total. The molecule has 1 atom stereocenters. The van der Waals surface area contributed by atoms with E-state index in [2.05, 4.69) is 73.3 Å². The Hall–Kier alpha value is -1.80. The van der Waals surface area contributed by atoms with Gasteiger partial charge < -0.3 is 9.64 Å². The quantitative estimate of drug-likeness (QED) is 0.808. The lowest BCUT2D eigenvalue weighted by atomic mass is 9.96. The van der Waals surface area contributed by atoms with E-state index in [0.29, 0.717) is 12.0 Å². The fourth-order valence-electron chi connectivity index (χ4n) is 2.94. The molecule has 1 heterocycles. The number of anilines is 2. The Kier molecular flexibility index (Phi) is 4.26. The van der Waals surface area contributed by atoms with Crippen molar-refractivity contribution < 1.29 is 4.74 Å². The van der Waals surface area contributed by atoms with Crippen LogP contribution in [0.25, 0.3) is 0 Å². The molecule has 0 amide bonds. The molecule has 0 saturated heterocycles. The van der Waals surface area contributed by atoms with Gasteiger partial charge in [0.1, 0.15) is 0 Å². The molecule has 1 aliphatic rings. The number of rotatable bonds is 2. The van der Waals surface area contributed by atoms with E-state index in [1.807, 2.05) is 0 Å². The summed E-state index contributed by atoms with van der Waals surface area (Å²) >= 11 is 0. The predicted octanol–water partition coefficient (Wildman–Crippen LogP) is 4.42. The lowest BCUT2D eigenvalue weighted by Crippen LogP contribution is -2.32. The fraction of sp³-hybridized carbons (Fsp3) is 0.368. The first kappa shape index (κ1) is 14.2. The maximum absolute atomic E-state index is 6.11. The van der Waals surface area contributed by atoms with Crippen LogP contribution in [0.5, 0.6) is 0 Å². The minimum absolute atomic E-state index is 0.309. The van der Waals surface area contributed by atoms with Crippen LogP contribution in [0, 0.1) is 5.92 Å². The topological polar surface area (TPSA) is 12.5 Å². The summed E-state index contributed by atoms with van der Waals surface area (Å²) in [6.07, 6.45) is 1.29. The second-order valence-electron chi connectivity index (χ2n) is 5.97. The highest BCUT2D eigenvalue weighted by Crippen LogP contribution is 2.31. The SMILES string of the molecule is CC(C)C1Cc2ccccc2N(c2ccccc2)CCO1. The second kappa shape index (κ2) is 6.31. The van der Waals surface area contributed by atoms with Crippen LogP contribution in [0.3, 0.4) is 0 Å². The summed E-state index contributed by atoms with van der Waals surface area (Å²) in [5.74, 6) is 0.543. The van der Waals surface area contributed by atoms with Gasteiger partial charge in [-0.15, -0.1) is 0 Å². The molecule has 110 valence electrons. The van der Waals surface area contributed by atoms with Gasteiger partial charge in [0, 0.05) is 24.3 Å². The Morgan fingerprint density at radius 2 is 1.71 bits per heavy atom. The number of hydrogen-bond donors (Lipinski definition) is 0. The molecule has 1 unspecified atom stereocenters. The van der Waals surface area contributed by atoms with Crippen LogP contribution in [0.4, 0.5) is 11.4 Å². The van der Waals surface area contributed by atoms with Crippen molar-refractivity contribution in [1.29, 1.82) is 0 Å². The van der Waals surface area contributed by atoms with Gasteiger partial charge in [0.25, 0.3) is 0 Å². The molecule has 0 fully saturated rings. The van der Waals surface area contributed by atoms with Crippen molar-refractivity contribution in [2.45, 2.75) is 26.4 Å². The standard InChI is InChI=1S/C19H23NO/c1-15(2)19-14-16-8-6-7-11-18(16)20(12-13-21-19)17-9-4-3-5-10-17/h3-11,15,19H,12-14H2,1-2H3. The molecule has 2 aromatic carbocycles. The van der Waals surface area contributed by atoms with Crippen LogP contribution >= 0.6 is 0 Å². The Balaban J connectivity index is 1.99. The minimum Gasteiger partial charge on any atom is -0.376 e. The smallest absolute Gasteiger partial charge is 0.0649 e. The zero-order chi connectivity index (χ0) is 14.7. The van der Waals surface area contributed by atoms with Gasteiger partial charge in [-0.25, -0.2) is 0 Å². The lowest BCUT2D eigenvalue weighted by Gasteiger charge is -2.33. The first-order chi connectivity index (χ1) is 10.3. The van der Waals surface area contributed by atoms with Gasteiger partial charge >= 0.3 is 0 Å². The van der Waals surface area contributed by atoms with Gasteiger partial charge in [-0.2, -0.15) is 0 Å². The summed E-state index contributed by atoms with van der Waals surface area (Å²) in [5.41, 5.74) is 3.92. The van der Waals surface area contributed by atoms with E-state index in [0.717, 1.165) is 19.6 Å². The monoisotopic (exact) mass is 281 g/mol. The van der Waals surface area contributed by atoms with Gasteiger partial charge in [0.05, 0.1) is 12.7 Å². The molecule has 2 heteroatoms. The largest absolute Gasteiger partial charge is 0.376 e. The molecule has 3 rings (SSSR count). The van der Waals surface area contributed by atoms with E-state index >= 15 is 0 Å². The number of nitrogens with zero attached hydrogens (tertiary/aromatic N) is 1. The van der Waals surface area contributed by atoms with Gasteiger partial charge in [-0.1, -0.05) is 50.2 Å². The lowest BCUT2D eigenvalue weighted by molar-refractivity contribution is 0.0259. The van der Waals surface area contributed by atoms with Crippen molar-refractivity contribution in [3.8, 4) is 0 Å². The van der Waals surface area contributed by atoms with Gasteiger partial charge in [0.2, 0.25) is 0 Å². The van der Waals surface area contributed by atoms with Crippen molar-refractivity contribution >= 4 is 11.4 Å². The Bertz CT molecular complexity index is 579. The molecular weight excluding hydrogens is 258 g/mol. The molecule has 0 radical (unpaired) electrons. The maximum atomic E-state index is 6.11. The van der Waals surface area contributed by atoms with Crippen molar-refractivity contribution in [3.05, 3.63) is 60.2 Å². The van der Waals surface area contributed by atoms with Crippen LogP contribution in [0.2, 0.25) is 0 Å². The first-order valence-corrected chi connectivity index (χ1v) is 7.78. The number of hydrogen-bond acceptors (Lipinski definition) is 2. The zero-order valence-corrected chi connectivity index (χ0v) is 12.8. The fourth-order valence-corrected chi connectivity index (χ4v) is 2.94. The summed E-state index contributed by atoms with van der Waals surface area (Å²) < 4.78 is 6.11. The summed E-state index contributed by atoms with van der Waals surface area (Å²) in [6, 6.07) is 19.3. The Labute approximate surface area is 127 Å². The number of para-hydroxylation sites is 2. The molecule has 0 bridgehead atoms. The van der Waals surface area contributed by atoms with Crippen LogP contribution in [0.1, 0.15) is 19.4 Å². The molecular formula is C19H23NO. The normalized spacial score (nSPS) is 19.0. The third-order valence-corrected chi connectivity index (χ3v) is 4.16. The average Bonchev–Trinajstić information content (AvgIpc) is 2.49. The Morgan fingerprint density at radius 1 is 1.00 bits per heavy atom. The third kappa shape index (κ3) is 3.11. The van der Waals surface area contributed by atoms with Gasteiger partial charge in [0.15, 0.2) is 0 Å². The third-order valence-electron chi connectivity index (χ3n) is 4.16. The van der Waals surface area contributed by atoms with Gasteiger partial charge in [-0.05, 0) is 29.7 Å². The van der Waals surface area contributed by atoms with E-state index in [4.69, 9.17) is 4.74 Å². The Morgan fingerprint density at radius 3 is 2.48 bits per heavy atom. The summed E-state index contributed by atoms with van der Waals surface area (Å²) in [6.45, 7) is 6.14. The van der Waals surface area contributed by atoms with E-state index in [1.54, 1.807) is 0 Å². The van der Waals surface area contributed by atoms with E-state index in [1.165, 1.54) is 16.9 Å².